The van der Waals surface area contributed by atoms with E-state index in [1.54, 1.807) is 17.5 Å². The summed E-state index contributed by atoms with van der Waals surface area (Å²) in [6.07, 6.45) is 2.53. The van der Waals surface area contributed by atoms with E-state index in [-0.39, 0.29) is 0 Å². The monoisotopic (exact) mass is 358 g/mol. The molecule has 4 aromatic heterocycles. The highest BCUT2D eigenvalue weighted by atomic mass is 32.1. The van der Waals surface area contributed by atoms with Crippen molar-refractivity contribution in [3.05, 3.63) is 71.0 Å². The van der Waals surface area contributed by atoms with Gasteiger partial charge >= 0.3 is 0 Å². The molecule has 6 nitrogen and oxygen atoms in total. The number of aromatic nitrogens is 6. The van der Waals surface area contributed by atoms with E-state index in [9.17, 15) is 0 Å². The first-order valence-electron chi connectivity index (χ1n) is 8.26. The minimum Gasteiger partial charge on any atom is -0.237 e. The van der Waals surface area contributed by atoms with E-state index in [0.717, 1.165) is 38.7 Å². The lowest BCUT2D eigenvalue weighted by Crippen LogP contribution is -1.97. The molecule has 7 heteroatoms. The van der Waals surface area contributed by atoms with E-state index in [1.807, 2.05) is 41.8 Å². The van der Waals surface area contributed by atoms with Crippen LogP contribution in [0, 0.1) is 6.92 Å². The van der Waals surface area contributed by atoms with E-state index in [1.165, 1.54) is 5.56 Å². The van der Waals surface area contributed by atoms with E-state index in [4.69, 9.17) is 5.10 Å². The highest BCUT2D eigenvalue weighted by Gasteiger charge is 2.16. The molecular weight excluding hydrogens is 344 g/mol. The maximum atomic E-state index is 4.73. The zero-order valence-corrected chi connectivity index (χ0v) is 14.8. The second kappa shape index (κ2) is 5.96. The third-order valence-electron chi connectivity index (χ3n) is 4.25. The van der Waals surface area contributed by atoms with Crippen LogP contribution in [0.2, 0.25) is 0 Å². The van der Waals surface area contributed by atoms with Crippen LogP contribution in [0.5, 0.6) is 0 Å². The molecule has 0 aliphatic carbocycles. The first kappa shape index (κ1) is 15.1. The first-order chi connectivity index (χ1) is 12.8. The number of hydrogen-bond donors (Lipinski definition) is 0. The lowest BCUT2D eigenvalue weighted by Gasteiger charge is -2.04. The fraction of sp³-hybridized carbons (Fsp3) is 0.105. The lowest BCUT2D eigenvalue weighted by molar-refractivity contribution is 0.915. The molecule has 0 saturated heterocycles. The van der Waals surface area contributed by atoms with Gasteiger partial charge in [-0.25, -0.2) is 9.97 Å². The van der Waals surface area contributed by atoms with Gasteiger partial charge in [0.15, 0.2) is 11.5 Å². The zero-order chi connectivity index (χ0) is 17.5. The topological polar surface area (TPSA) is 68.9 Å². The highest BCUT2D eigenvalue weighted by Crippen LogP contribution is 2.26. The number of fused-ring (bicyclic) bond motifs is 2. The fourth-order valence-electron chi connectivity index (χ4n) is 2.99. The predicted molar refractivity (Wildman–Crippen MR) is 101 cm³/mol. The summed E-state index contributed by atoms with van der Waals surface area (Å²) in [5, 5.41) is 15.4. The Morgan fingerprint density at radius 1 is 1.04 bits per heavy atom. The van der Waals surface area contributed by atoms with Gasteiger partial charge in [-0.2, -0.15) is 9.61 Å². The first-order valence-corrected chi connectivity index (χ1v) is 9.07. The van der Waals surface area contributed by atoms with Crippen molar-refractivity contribution < 1.29 is 0 Å². The lowest BCUT2D eigenvalue weighted by atomic mass is 10.1. The largest absolute Gasteiger partial charge is 0.237 e. The molecule has 0 atom stereocenters. The molecule has 4 heterocycles. The molecule has 0 amide bonds. The summed E-state index contributed by atoms with van der Waals surface area (Å²) in [6.45, 7) is 1.96. The minimum absolute atomic E-state index is 0.714. The van der Waals surface area contributed by atoms with Crippen LogP contribution in [-0.4, -0.2) is 29.8 Å². The molecule has 0 aliphatic rings. The van der Waals surface area contributed by atoms with Gasteiger partial charge < -0.3 is 0 Å². The Kier molecular flexibility index (Phi) is 3.46. The van der Waals surface area contributed by atoms with Gasteiger partial charge in [0, 0.05) is 23.6 Å². The quantitative estimate of drug-likeness (QED) is 0.492. The van der Waals surface area contributed by atoms with Gasteiger partial charge in [0.05, 0.1) is 5.69 Å². The van der Waals surface area contributed by atoms with Crippen LogP contribution in [0.4, 0.5) is 0 Å². The second-order valence-corrected chi connectivity index (χ2v) is 7.09. The summed E-state index contributed by atoms with van der Waals surface area (Å²) in [5.41, 5.74) is 3.75. The molecule has 0 N–H and O–H groups in total. The molecule has 0 fully saturated rings. The van der Waals surface area contributed by atoms with Crippen molar-refractivity contribution in [1.29, 1.82) is 0 Å². The summed E-state index contributed by atoms with van der Waals surface area (Å²) < 4.78 is 1.81. The van der Waals surface area contributed by atoms with Gasteiger partial charge in [0.2, 0.25) is 4.96 Å². The Hall–Kier alpha value is -3.19. The minimum atomic E-state index is 0.714. The summed E-state index contributed by atoms with van der Waals surface area (Å²) in [7, 11) is 0. The van der Waals surface area contributed by atoms with Crippen LogP contribution in [0.25, 0.3) is 27.4 Å². The van der Waals surface area contributed by atoms with Crippen LogP contribution in [0.3, 0.4) is 0 Å². The maximum absolute atomic E-state index is 4.73. The Morgan fingerprint density at radius 3 is 2.81 bits per heavy atom. The summed E-state index contributed by atoms with van der Waals surface area (Å²) in [6, 6.07) is 16.3. The zero-order valence-electron chi connectivity index (χ0n) is 14.0. The summed E-state index contributed by atoms with van der Waals surface area (Å²) in [4.78, 5) is 9.70. The molecule has 0 spiro atoms. The van der Waals surface area contributed by atoms with Crippen molar-refractivity contribution in [2.45, 2.75) is 13.3 Å². The average Bonchev–Trinajstić information content (AvgIpc) is 3.22. The second-order valence-electron chi connectivity index (χ2n) is 6.05. The van der Waals surface area contributed by atoms with E-state index in [2.05, 4.69) is 38.4 Å². The van der Waals surface area contributed by atoms with Crippen molar-refractivity contribution in [2.75, 3.05) is 0 Å². The van der Waals surface area contributed by atoms with Crippen molar-refractivity contribution >= 4 is 27.3 Å². The standard InChI is InChI=1S/C19H14N6S/c1-12-15(11-14-8-5-9-20-17(14)21-12)18-22-23-19-25(18)24-16(26-19)10-13-6-3-2-4-7-13/h2-9,11H,10H2,1H3. The van der Waals surface area contributed by atoms with Crippen LogP contribution in [0.15, 0.2) is 54.7 Å². The maximum Gasteiger partial charge on any atom is 0.234 e. The van der Waals surface area contributed by atoms with Crippen molar-refractivity contribution in [1.82, 2.24) is 29.8 Å². The van der Waals surface area contributed by atoms with Crippen molar-refractivity contribution in [3.8, 4) is 11.4 Å². The Balaban J connectivity index is 1.60. The van der Waals surface area contributed by atoms with Gasteiger partial charge in [0.25, 0.3) is 0 Å². The summed E-state index contributed by atoms with van der Waals surface area (Å²) >= 11 is 1.56. The molecule has 5 aromatic rings. The third kappa shape index (κ3) is 2.53. The molecular formula is C19H14N6S. The molecule has 5 rings (SSSR count). The Bertz CT molecular complexity index is 1220. The molecule has 0 saturated carbocycles. The molecule has 26 heavy (non-hydrogen) atoms. The molecule has 0 aliphatic heterocycles. The van der Waals surface area contributed by atoms with E-state index >= 15 is 0 Å². The van der Waals surface area contributed by atoms with Gasteiger partial charge in [-0.05, 0) is 30.7 Å². The highest BCUT2D eigenvalue weighted by molar-refractivity contribution is 7.16. The van der Waals surface area contributed by atoms with Gasteiger partial charge in [0.1, 0.15) is 5.01 Å². The third-order valence-corrected chi connectivity index (χ3v) is 5.15. The number of benzene rings is 1. The van der Waals surface area contributed by atoms with Gasteiger partial charge in [-0.15, -0.1) is 10.2 Å². The van der Waals surface area contributed by atoms with Crippen LogP contribution < -0.4 is 0 Å². The summed E-state index contributed by atoms with van der Waals surface area (Å²) in [5.74, 6) is 0.714. The van der Waals surface area contributed by atoms with E-state index < -0.39 is 0 Å². The molecule has 0 bridgehead atoms. The van der Waals surface area contributed by atoms with Crippen molar-refractivity contribution in [3.63, 3.8) is 0 Å². The van der Waals surface area contributed by atoms with E-state index in [0.29, 0.717) is 5.82 Å². The molecule has 126 valence electrons. The number of nitrogens with zero attached hydrogens (tertiary/aromatic N) is 6. The fourth-order valence-corrected chi connectivity index (χ4v) is 3.85. The molecule has 1 aromatic carbocycles. The van der Waals surface area contributed by atoms with Crippen molar-refractivity contribution in [2.24, 2.45) is 0 Å². The van der Waals surface area contributed by atoms with Gasteiger partial charge in [-0.3, -0.25) is 0 Å². The number of rotatable bonds is 3. The Labute approximate surface area is 153 Å². The van der Waals surface area contributed by atoms with Crippen LogP contribution in [0.1, 0.15) is 16.3 Å². The number of hydrogen-bond acceptors (Lipinski definition) is 6. The van der Waals surface area contributed by atoms with Gasteiger partial charge in [-0.1, -0.05) is 41.7 Å². The smallest absolute Gasteiger partial charge is 0.234 e. The van der Waals surface area contributed by atoms with Crippen LogP contribution in [-0.2, 0) is 6.42 Å². The van der Waals surface area contributed by atoms with Crippen LogP contribution >= 0.6 is 11.3 Å². The average molecular weight is 358 g/mol. The normalized spacial score (nSPS) is 11.4. The molecule has 0 unspecified atom stereocenters. The Morgan fingerprint density at radius 2 is 1.92 bits per heavy atom. The predicted octanol–water partition coefficient (Wildman–Crippen LogP) is 3.70. The molecule has 0 radical (unpaired) electrons. The SMILES string of the molecule is Cc1nc2ncccc2cc1-c1nnc2sc(Cc3ccccc3)nn12. The number of pyridine rings is 2. The number of aryl methyl sites for hydroxylation is 1.